The van der Waals surface area contributed by atoms with Crippen LogP contribution in [-0.2, 0) is 9.53 Å². The molecule has 0 aliphatic rings. The van der Waals surface area contributed by atoms with Crippen molar-refractivity contribution in [1.29, 1.82) is 0 Å². The van der Waals surface area contributed by atoms with Gasteiger partial charge in [-0.3, -0.25) is 0 Å². The maximum atomic E-state index is 10.4. The standard InChI is InChI=1S/C7H13NO7/c8-7(14)15-6(4(12)2-10)5(13)3(11)1-9/h2-6,9,11-13H,1H2,(H2,8,14). The molecule has 15 heavy (non-hydrogen) atoms. The van der Waals surface area contributed by atoms with E-state index >= 15 is 0 Å². The highest BCUT2D eigenvalue weighted by atomic mass is 16.6. The van der Waals surface area contributed by atoms with Crippen molar-refractivity contribution in [2.75, 3.05) is 6.61 Å². The van der Waals surface area contributed by atoms with Crippen LogP contribution in [0.3, 0.4) is 0 Å². The number of nitrogens with two attached hydrogens (primary N) is 1. The van der Waals surface area contributed by atoms with E-state index in [9.17, 15) is 14.7 Å². The molecule has 4 atom stereocenters. The molecule has 0 rings (SSSR count). The summed E-state index contributed by atoms with van der Waals surface area (Å²) in [6.07, 6.45) is -8.37. The van der Waals surface area contributed by atoms with Crippen molar-refractivity contribution in [2.45, 2.75) is 24.4 Å². The molecule has 0 aliphatic carbocycles. The number of aliphatic hydroxyl groups excluding tert-OH is 4. The Morgan fingerprint density at radius 3 is 2.27 bits per heavy atom. The van der Waals surface area contributed by atoms with E-state index in [0.717, 1.165) is 0 Å². The number of rotatable bonds is 6. The molecule has 0 heterocycles. The fraction of sp³-hybridized carbons (Fsp3) is 0.714. The second-order valence-electron chi connectivity index (χ2n) is 2.77. The predicted octanol–water partition coefficient (Wildman–Crippen LogP) is -3.28. The normalized spacial score (nSPS) is 18.7. The van der Waals surface area contributed by atoms with Gasteiger partial charge in [0, 0.05) is 0 Å². The molecule has 8 heteroatoms. The van der Waals surface area contributed by atoms with E-state index in [4.69, 9.17) is 15.3 Å². The van der Waals surface area contributed by atoms with Crippen LogP contribution in [0.4, 0.5) is 4.79 Å². The number of aliphatic hydroxyl groups is 4. The quantitative estimate of drug-likeness (QED) is 0.296. The number of primary amides is 1. The molecule has 4 unspecified atom stereocenters. The van der Waals surface area contributed by atoms with Gasteiger partial charge < -0.3 is 35.7 Å². The van der Waals surface area contributed by atoms with Crippen LogP contribution in [0, 0.1) is 0 Å². The Hall–Kier alpha value is -1.22. The smallest absolute Gasteiger partial charge is 0.404 e. The summed E-state index contributed by atoms with van der Waals surface area (Å²) in [5.41, 5.74) is 4.62. The van der Waals surface area contributed by atoms with Gasteiger partial charge >= 0.3 is 6.09 Å². The van der Waals surface area contributed by atoms with Crippen LogP contribution in [0.2, 0.25) is 0 Å². The molecule has 0 radical (unpaired) electrons. The summed E-state index contributed by atoms with van der Waals surface area (Å²) in [6.45, 7) is -0.828. The third-order valence-corrected chi connectivity index (χ3v) is 1.65. The lowest BCUT2D eigenvalue weighted by molar-refractivity contribution is -0.136. The first-order valence-electron chi connectivity index (χ1n) is 4.00. The van der Waals surface area contributed by atoms with Crippen molar-refractivity contribution >= 4 is 12.4 Å². The number of hydrogen-bond acceptors (Lipinski definition) is 7. The minimum absolute atomic E-state index is 0.000914. The first kappa shape index (κ1) is 13.8. The highest BCUT2D eigenvalue weighted by Crippen LogP contribution is 2.08. The number of ether oxygens (including phenoxy) is 1. The SMILES string of the molecule is NC(=O)OC(C(O)C=O)C(O)C(O)CO. The van der Waals surface area contributed by atoms with Crippen LogP contribution in [0.25, 0.3) is 0 Å². The van der Waals surface area contributed by atoms with E-state index < -0.39 is 37.1 Å². The van der Waals surface area contributed by atoms with E-state index in [-0.39, 0.29) is 6.29 Å². The Balaban J connectivity index is 4.60. The molecule has 8 nitrogen and oxygen atoms in total. The zero-order valence-electron chi connectivity index (χ0n) is 7.68. The summed E-state index contributed by atoms with van der Waals surface area (Å²) in [7, 11) is 0. The van der Waals surface area contributed by atoms with E-state index in [0.29, 0.717) is 0 Å². The largest absolute Gasteiger partial charge is 0.440 e. The van der Waals surface area contributed by atoms with Crippen molar-refractivity contribution in [2.24, 2.45) is 5.73 Å². The van der Waals surface area contributed by atoms with Gasteiger partial charge in [0.25, 0.3) is 0 Å². The van der Waals surface area contributed by atoms with Gasteiger partial charge in [0.1, 0.15) is 18.3 Å². The molecule has 0 aliphatic heterocycles. The lowest BCUT2D eigenvalue weighted by atomic mass is 10.0. The Kier molecular flexibility index (Phi) is 5.79. The van der Waals surface area contributed by atoms with Crippen LogP contribution >= 0.6 is 0 Å². The van der Waals surface area contributed by atoms with Crippen LogP contribution in [-0.4, -0.2) is 63.8 Å². The van der Waals surface area contributed by atoms with Gasteiger partial charge in [-0.25, -0.2) is 4.79 Å². The molecule has 0 spiro atoms. The Labute approximate surface area is 84.9 Å². The van der Waals surface area contributed by atoms with Crippen molar-refractivity contribution in [3.05, 3.63) is 0 Å². The molecular weight excluding hydrogens is 210 g/mol. The number of amides is 1. The molecule has 6 N–H and O–H groups in total. The van der Waals surface area contributed by atoms with Crippen LogP contribution in [0.1, 0.15) is 0 Å². The number of carbonyl (C=O) groups is 2. The summed E-state index contributed by atoms with van der Waals surface area (Å²) in [4.78, 5) is 20.6. The minimum atomic E-state index is -1.84. The van der Waals surface area contributed by atoms with Gasteiger partial charge in [-0.05, 0) is 0 Å². The predicted molar refractivity (Wildman–Crippen MR) is 45.6 cm³/mol. The Morgan fingerprint density at radius 1 is 1.40 bits per heavy atom. The monoisotopic (exact) mass is 223 g/mol. The van der Waals surface area contributed by atoms with Crippen LogP contribution in [0.15, 0.2) is 0 Å². The summed E-state index contributed by atoms with van der Waals surface area (Å²) in [5, 5.41) is 35.8. The molecular formula is C7H13NO7. The lowest BCUT2D eigenvalue weighted by Crippen LogP contribution is -2.49. The summed E-state index contributed by atoms with van der Waals surface area (Å²) < 4.78 is 4.22. The van der Waals surface area contributed by atoms with Crippen LogP contribution < -0.4 is 5.73 Å². The Morgan fingerprint density at radius 2 is 1.93 bits per heavy atom. The third kappa shape index (κ3) is 4.21. The molecule has 0 saturated heterocycles. The van der Waals surface area contributed by atoms with Gasteiger partial charge in [0.15, 0.2) is 12.4 Å². The van der Waals surface area contributed by atoms with E-state index in [1.165, 1.54) is 0 Å². The first-order chi connectivity index (χ1) is 6.93. The maximum Gasteiger partial charge on any atom is 0.404 e. The van der Waals surface area contributed by atoms with Crippen molar-refractivity contribution < 1.29 is 34.8 Å². The highest BCUT2D eigenvalue weighted by molar-refractivity contribution is 5.66. The molecule has 0 bridgehead atoms. The Bertz CT molecular complexity index is 221. The fourth-order valence-corrected chi connectivity index (χ4v) is 0.880. The molecule has 88 valence electrons. The topological polar surface area (TPSA) is 150 Å². The van der Waals surface area contributed by atoms with Gasteiger partial charge in [0.2, 0.25) is 0 Å². The molecule has 0 aromatic rings. The van der Waals surface area contributed by atoms with Crippen LogP contribution in [0.5, 0.6) is 0 Å². The van der Waals surface area contributed by atoms with Gasteiger partial charge in [-0.15, -0.1) is 0 Å². The van der Waals surface area contributed by atoms with E-state index in [2.05, 4.69) is 10.5 Å². The second-order valence-corrected chi connectivity index (χ2v) is 2.77. The van der Waals surface area contributed by atoms with Gasteiger partial charge in [-0.2, -0.15) is 0 Å². The highest BCUT2D eigenvalue weighted by Gasteiger charge is 2.34. The third-order valence-electron chi connectivity index (χ3n) is 1.65. The van der Waals surface area contributed by atoms with Crippen molar-refractivity contribution in [1.82, 2.24) is 0 Å². The van der Waals surface area contributed by atoms with E-state index in [1.807, 2.05) is 0 Å². The van der Waals surface area contributed by atoms with Gasteiger partial charge in [0.05, 0.1) is 6.61 Å². The van der Waals surface area contributed by atoms with Crippen molar-refractivity contribution in [3.8, 4) is 0 Å². The lowest BCUT2D eigenvalue weighted by Gasteiger charge is -2.26. The zero-order valence-corrected chi connectivity index (χ0v) is 7.68. The maximum absolute atomic E-state index is 10.4. The minimum Gasteiger partial charge on any atom is -0.440 e. The van der Waals surface area contributed by atoms with Crippen molar-refractivity contribution in [3.63, 3.8) is 0 Å². The molecule has 0 saturated carbocycles. The zero-order chi connectivity index (χ0) is 12.0. The average Bonchev–Trinajstić information content (AvgIpc) is 2.22. The number of aldehydes is 1. The molecule has 0 aromatic heterocycles. The van der Waals surface area contributed by atoms with Gasteiger partial charge in [-0.1, -0.05) is 0 Å². The average molecular weight is 223 g/mol. The fourth-order valence-electron chi connectivity index (χ4n) is 0.880. The number of carbonyl (C=O) groups excluding carboxylic acids is 2. The summed E-state index contributed by atoms with van der Waals surface area (Å²) in [6, 6.07) is 0. The number of hydrogen-bond donors (Lipinski definition) is 5. The molecule has 1 amide bonds. The summed E-state index contributed by atoms with van der Waals surface area (Å²) >= 11 is 0. The molecule has 0 aromatic carbocycles. The summed E-state index contributed by atoms with van der Waals surface area (Å²) in [5.74, 6) is 0. The first-order valence-corrected chi connectivity index (χ1v) is 4.00. The molecule has 0 fully saturated rings. The second kappa shape index (κ2) is 6.30. The van der Waals surface area contributed by atoms with E-state index in [1.54, 1.807) is 0 Å².